The van der Waals surface area contributed by atoms with Crippen LogP contribution in [0.3, 0.4) is 0 Å². The van der Waals surface area contributed by atoms with Gasteiger partial charge in [-0.1, -0.05) is 15.9 Å². The van der Waals surface area contributed by atoms with E-state index in [0.29, 0.717) is 5.56 Å². The van der Waals surface area contributed by atoms with Gasteiger partial charge in [-0.2, -0.15) is 0 Å². The van der Waals surface area contributed by atoms with Crippen molar-refractivity contribution < 1.29 is 5.11 Å². The minimum absolute atomic E-state index is 0.234. The number of benzene rings is 1. The van der Waals surface area contributed by atoms with Crippen molar-refractivity contribution in [2.75, 3.05) is 0 Å². The molecule has 1 nitrogen and oxygen atoms in total. The third-order valence-electron chi connectivity index (χ3n) is 1.04. The maximum absolute atomic E-state index is 8.96. The van der Waals surface area contributed by atoms with E-state index in [-0.39, 0.29) is 5.75 Å². The summed E-state index contributed by atoms with van der Waals surface area (Å²) in [6, 6.07) is 5.13. The molecule has 0 atom stereocenters. The van der Waals surface area contributed by atoms with Crippen LogP contribution in [0.5, 0.6) is 5.75 Å². The first-order valence-corrected chi connectivity index (χ1v) is 3.30. The first kappa shape index (κ1) is 6.62. The van der Waals surface area contributed by atoms with Gasteiger partial charge in [0.25, 0.3) is 0 Å². The Morgan fingerprint density at radius 2 is 2.11 bits per heavy atom. The van der Waals surface area contributed by atoms with E-state index in [9.17, 15) is 0 Å². The zero-order chi connectivity index (χ0) is 6.85. The molecule has 0 bridgehead atoms. The molecule has 0 aliphatic rings. The standard InChI is InChI=1S/C7H6BrO/c1-5-4-6(8)2-3-7(5)9/h2-4,9H,1H2. The number of hydrogen-bond donors (Lipinski definition) is 1. The fourth-order valence-electron chi connectivity index (χ4n) is 0.554. The van der Waals surface area contributed by atoms with E-state index in [1.165, 1.54) is 0 Å². The number of aromatic hydroxyl groups is 1. The summed E-state index contributed by atoms with van der Waals surface area (Å²) < 4.78 is 0.935. The van der Waals surface area contributed by atoms with Crippen LogP contribution in [0.1, 0.15) is 5.56 Å². The van der Waals surface area contributed by atoms with Gasteiger partial charge in [0.1, 0.15) is 5.75 Å². The highest BCUT2D eigenvalue weighted by molar-refractivity contribution is 9.10. The Morgan fingerprint density at radius 3 is 2.56 bits per heavy atom. The van der Waals surface area contributed by atoms with Crippen molar-refractivity contribution in [3.8, 4) is 5.75 Å². The number of phenols is 1. The average molecular weight is 186 g/mol. The molecule has 1 N–H and O–H groups in total. The maximum Gasteiger partial charge on any atom is 0.118 e. The smallest absolute Gasteiger partial charge is 0.118 e. The number of phenolic OH excluding ortho intramolecular Hbond substituents is 1. The highest BCUT2D eigenvalue weighted by atomic mass is 79.9. The Morgan fingerprint density at radius 1 is 1.44 bits per heavy atom. The second-order valence-electron chi connectivity index (χ2n) is 1.77. The van der Waals surface area contributed by atoms with E-state index in [0.717, 1.165) is 4.47 Å². The summed E-state index contributed by atoms with van der Waals surface area (Å²) in [4.78, 5) is 0. The molecule has 0 unspecified atom stereocenters. The molecular formula is C7H6BrO. The van der Waals surface area contributed by atoms with Gasteiger partial charge in [-0.25, -0.2) is 0 Å². The van der Waals surface area contributed by atoms with E-state index < -0.39 is 0 Å². The van der Waals surface area contributed by atoms with Crippen LogP contribution in [0.15, 0.2) is 22.7 Å². The van der Waals surface area contributed by atoms with Crippen LogP contribution in [0.4, 0.5) is 0 Å². The molecular weight excluding hydrogens is 180 g/mol. The van der Waals surface area contributed by atoms with E-state index in [1.54, 1.807) is 18.2 Å². The van der Waals surface area contributed by atoms with Gasteiger partial charge in [0.2, 0.25) is 0 Å². The normalized spacial score (nSPS) is 9.56. The largest absolute Gasteiger partial charge is 0.508 e. The van der Waals surface area contributed by atoms with Crippen molar-refractivity contribution >= 4 is 15.9 Å². The van der Waals surface area contributed by atoms with Crippen molar-refractivity contribution in [3.63, 3.8) is 0 Å². The monoisotopic (exact) mass is 185 g/mol. The van der Waals surface area contributed by atoms with Gasteiger partial charge in [0.05, 0.1) is 0 Å². The van der Waals surface area contributed by atoms with Crippen molar-refractivity contribution in [2.45, 2.75) is 0 Å². The third-order valence-corrected chi connectivity index (χ3v) is 1.53. The Kier molecular flexibility index (Phi) is 1.76. The summed E-state index contributed by atoms with van der Waals surface area (Å²) in [6.07, 6.45) is 0. The van der Waals surface area contributed by atoms with E-state index >= 15 is 0 Å². The van der Waals surface area contributed by atoms with Crippen LogP contribution < -0.4 is 0 Å². The summed E-state index contributed by atoms with van der Waals surface area (Å²) in [7, 11) is 0. The molecule has 0 spiro atoms. The lowest BCUT2D eigenvalue weighted by Crippen LogP contribution is -1.72. The average Bonchev–Trinajstić information content (AvgIpc) is 1.80. The van der Waals surface area contributed by atoms with E-state index in [2.05, 4.69) is 22.9 Å². The topological polar surface area (TPSA) is 20.2 Å². The van der Waals surface area contributed by atoms with Crippen LogP contribution in [0.25, 0.3) is 0 Å². The van der Waals surface area contributed by atoms with Crippen molar-refractivity contribution in [2.24, 2.45) is 0 Å². The molecule has 9 heavy (non-hydrogen) atoms. The summed E-state index contributed by atoms with van der Waals surface area (Å²) in [5, 5.41) is 8.96. The van der Waals surface area contributed by atoms with Crippen molar-refractivity contribution in [3.05, 3.63) is 35.2 Å². The lowest BCUT2D eigenvalue weighted by Gasteiger charge is -1.95. The predicted molar refractivity (Wildman–Crippen MR) is 40.3 cm³/mol. The highest BCUT2D eigenvalue weighted by Gasteiger charge is 1.93. The predicted octanol–water partition coefficient (Wildman–Crippen LogP) is 2.34. The lowest BCUT2D eigenvalue weighted by molar-refractivity contribution is 0.473. The van der Waals surface area contributed by atoms with E-state index in [1.807, 2.05) is 0 Å². The molecule has 1 aromatic carbocycles. The highest BCUT2D eigenvalue weighted by Crippen LogP contribution is 2.19. The summed E-state index contributed by atoms with van der Waals surface area (Å²) >= 11 is 3.25. The quantitative estimate of drug-likeness (QED) is 0.659. The number of hydrogen-bond acceptors (Lipinski definition) is 1. The first-order chi connectivity index (χ1) is 4.20. The summed E-state index contributed by atoms with van der Waals surface area (Å²) in [6.45, 7) is 3.60. The summed E-state index contributed by atoms with van der Waals surface area (Å²) in [5.41, 5.74) is 0.643. The van der Waals surface area contributed by atoms with Gasteiger partial charge in [-0.15, -0.1) is 0 Å². The maximum atomic E-state index is 8.96. The molecule has 2 heteroatoms. The molecule has 0 aliphatic carbocycles. The molecule has 0 aromatic heterocycles. The van der Waals surface area contributed by atoms with E-state index in [4.69, 9.17) is 5.11 Å². The first-order valence-electron chi connectivity index (χ1n) is 2.50. The van der Waals surface area contributed by atoms with Gasteiger partial charge in [0, 0.05) is 4.47 Å². The lowest BCUT2D eigenvalue weighted by atomic mass is 10.2. The molecule has 0 saturated carbocycles. The molecule has 0 amide bonds. The number of rotatable bonds is 0. The van der Waals surface area contributed by atoms with Gasteiger partial charge in [0.15, 0.2) is 0 Å². The van der Waals surface area contributed by atoms with Crippen LogP contribution in [-0.4, -0.2) is 5.11 Å². The Labute approximate surface area is 62.5 Å². The zero-order valence-corrected chi connectivity index (χ0v) is 6.35. The Balaban J connectivity index is 3.17. The molecule has 1 radical (unpaired) electrons. The molecule has 0 saturated heterocycles. The number of halogens is 1. The fraction of sp³-hybridized carbons (Fsp3) is 0. The molecule has 1 aromatic rings. The van der Waals surface area contributed by atoms with Crippen LogP contribution >= 0.6 is 15.9 Å². The fourth-order valence-corrected chi connectivity index (χ4v) is 0.963. The van der Waals surface area contributed by atoms with Gasteiger partial charge in [-0.3, -0.25) is 0 Å². The van der Waals surface area contributed by atoms with Crippen LogP contribution in [0, 0.1) is 6.92 Å². The Bertz CT molecular complexity index is 220. The molecule has 47 valence electrons. The zero-order valence-electron chi connectivity index (χ0n) is 4.76. The minimum atomic E-state index is 0.234. The van der Waals surface area contributed by atoms with Gasteiger partial charge < -0.3 is 5.11 Å². The summed E-state index contributed by atoms with van der Waals surface area (Å²) in [5.74, 6) is 0.234. The second-order valence-corrected chi connectivity index (χ2v) is 2.69. The van der Waals surface area contributed by atoms with Crippen molar-refractivity contribution in [1.29, 1.82) is 0 Å². The van der Waals surface area contributed by atoms with Gasteiger partial charge in [-0.05, 0) is 30.7 Å². The molecule has 0 aliphatic heterocycles. The third kappa shape index (κ3) is 1.45. The Hall–Kier alpha value is -0.500. The van der Waals surface area contributed by atoms with Gasteiger partial charge >= 0.3 is 0 Å². The SMILES string of the molecule is [CH2]c1cc(Br)ccc1O. The minimum Gasteiger partial charge on any atom is -0.508 e. The van der Waals surface area contributed by atoms with Crippen LogP contribution in [0.2, 0.25) is 0 Å². The molecule has 1 rings (SSSR count). The second kappa shape index (κ2) is 2.40. The molecule has 0 heterocycles. The molecule has 0 fully saturated rings. The van der Waals surface area contributed by atoms with Crippen molar-refractivity contribution in [1.82, 2.24) is 0 Å². The van der Waals surface area contributed by atoms with Crippen LogP contribution in [-0.2, 0) is 0 Å².